The SMILES string of the molecule is CC(=O)OC[C@H]1O[C@H](Oc2ccc([N+](=O)[O-])cc2)[C@H](OC(C)=O)[C@@H](OC(C)=O)[C@@H]1O[C@@H]1O[C@H](COC(C)=O)[C@@H](OC(C)=O)[C@@H]1OC(C)=O. The average molecular weight is 686 g/mol. The number of nitrogens with zero attached hydrogens (tertiary/aromatic N) is 1. The molecule has 1 aromatic rings. The number of rotatable bonds is 13. The lowest BCUT2D eigenvalue weighted by Crippen LogP contribution is -2.64. The van der Waals surface area contributed by atoms with Crippen molar-refractivity contribution in [2.24, 2.45) is 0 Å². The number of benzene rings is 1. The van der Waals surface area contributed by atoms with E-state index in [0.29, 0.717) is 0 Å². The Kier molecular flexibility index (Phi) is 13.1. The summed E-state index contributed by atoms with van der Waals surface area (Å²) >= 11 is 0. The largest absolute Gasteiger partial charge is 0.463 e. The van der Waals surface area contributed by atoms with Gasteiger partial charge in [0, 0.05) is 53.7 Å². The fourth-order valence-corrected chi connectivity index (χ4v) is 4.84. The maximum atomic E-state index is 12.4. The van der Waals surface area contributed by atoms with Crippen LogP contribution < -0.4 is 4.74 Å². The first-order valence-corrected chi connectivity index (χ1v) is 14.4. The van der Waals surface area contributed by atoms with E-state index in [9.17, 15) is 38.9 Å². The molecule has 19 nitrogen and oxygen atoms in total. The van der Waals surface area contributed by atoms with Crippen LogP contribution in [0.5, 0.6) is 5.75 Å². The zero-order valence-electron chi connectivity index (χ0n) is 26.7. The Balaban J connectivity index is 2.06. The molecule has 3 rings (SSSR count). The molecule has 2 fully saturated rings. The summed E-state index contributed by atoms with van der Waals surface area (Å²) in [6, 6.07) is 4.77. The van der Waals surface area contributed by atoms with E-state index in [0.717, 1.165) is 53.7 Å². The summed E-state index contributed by atoms with van der Waals surface area (Å²) in [6.45, 7) is 5.45. The van der Waals surface area contributed by atoms with Crippen molar-refractivity contribution >= 4 is 41.5 Å². The number of hydrogen-bond donors (Lipinski definition) is 0. The van der Waals surface area contributed by atoms with Crippen molar-refractivity contribution in [3.8, 4) is 5.75 Å². The van der Waals surface area contributed by atoms with Gasteiger partial charge in [-0.15, -0.1) is 0 Å². The van der Waals surface area contributed by atoms with E-state index in [1.807, 2.05) is 0 Å². The summed E-state index contributed by atoms with van der Waals surface area (Å²) in [5, 5.41) is 11.1. The number of esters is 6. The number of non-ortho nitro benzene ring substituents is 1. The van der Waals surface area contributed by atoms with Gasteiger partial charge in [-0.05, 0) is 12.1 Å². The van der Waals surface area contributed by atoms with Crippen LogP contribution >= 0.6 is 0 Å². The molecule has 0 bridgehead atoms. The van der Waals surface area contributed by atoms with Crippen molar-refractivity contribution in [2.75, 3.05) is 13.2 Å². The van der Waals surface area contributed by atoms with Crippen molar-refractivity contribution in [3.05, 3.63) is 34.4 Å². The lowest BCUT2D eigenvalue weighted by atomic mass is 9.97. The van der Waals surface area contributed by atoms with Crippen molar-refractivity contribution in [2.45, 2.75) is 96.9 Å². The predicted octanol–water partition coefficient (Wildman–Crippen LogP) is 0.662. The lowest BCUT2D eigenvalue weighted by Gasteiger charge is -2.45. The van der Waals surface area contributed by atoms with Crippen LogP contribution in [-0.2, 0) is 71.4 Å². The Bertz CT molecular complexity index is 1360. The van der Waals surface area contributed by atoms with Crippen LogP contribution in [0.15, 0.2) is 24.3 Å². The van der Waals surface area contributed by atoms with Gasteiger partial charge >= 0.3 is 35.8 Å². The van der Waals surface area contributed by atoms with E-state index in [1.54, 1.807) is 0 Å². The van der Waals surface area contributed by atoms with Gasteiger partial charge in [0.15, 0.2) is 24.6 Å². The summed E-state index contributed by atoms with van der Waals surface area (Å²) in [7, 11) is 0. The van der Waals surface area contributed by atoms with Crippen molar-refractivity contribution in [3.63, 3.8) is 0 Å². The minimum Gasteiger partial charge on any atom is -0.463 e. The van der Waals surface area contributed by atoms with Crippen LogP contribution in [0.2, 0.25) is 0 Å². The highest BCUT2D eigenvalue weighted by atomic mass is 16.8. The van der Waals surface area contributed by atoms with Crippen LogP contribution in [0.4, 0.5) is 5.69 Å². The van der Waals surface area contributed by atoms with Crippen LogP contribution in [0.25, 0.3) is 0 Å². The van der Waals surface area contributed by atoms with Crippen LogP contribution in [0, 0.1) is 10.1 Å². The number of ether oxygens (including phenoxy) is 10. The number of nitro benzene ring substituents is 1. The zero-order chi connectivity index (χ0) is 35.7. The highest BCUT2D eigenvalue weighted by Gasteiger charge is 2.57. The van der Waals surface area contributed by atoms with Gasteiger partial charge in [0.25, 0.3) is 5.69 Å². The Morgan fingerprint density at radius 2 is 1.02 bits per heavy atom. The fourth-order valence-electron chi connectivity index (χ4n) is 4.84. The second kappa shape index (κ2) is 16.8. The van der Waals surface area contributed by atoms with Crippen LogP contribution in [-0.4, -0.2) is 109 Å². The topological polar surface area (TPSA) is 238 Å². The van der Waals surface area contributed by atoms with E-state index in [2.05, 4.69) is 0 Å². The highest BCUT2D eigenvalue weighted by molar-refractivity contribution is 5.68. The predicted molar refractivity (Wildman–Crippen MR) is 151 cm³/mol. The van der Waals surface area contributed by atoms with Gasteiger partial charge in [-0.1, -0.05) is 0 Å². The molecule has 2 aliphatic rings. The minimum atomic E-state index is -1.63. The fraction of sp³-hybridized carbons (Fsp3) is 0.586. The Labute approximate surface area is 273 Å². The van der Waals surface area contributed by atoms with E-state index < -0.39 is 109 Å². The van der Waals surface area contributed by atoms with E-state index >= 15 is 0 Å². The molecule has 9 atom stereocenters. The first kappa shape index (κ1) is 37.6. The minimum absolute atomic E-state index is 0.0153. The third kappa shape index (κ3) is 10.6. The molecule has 0 aliphatic carbocycles. The molecule has 0 N–H and O–H groups in total. The molecule has 0 aromatic heterocycles. The molecular formula is C29H35NO18. The van der Waals surface area contributed by atoms with Crippen molar-refractivity contribution in [1.82, 2.24) is 0 Å². The van der Waals surface area contributed by atoms with Gasteiger partial charge in [-0.2, -0.15) is 0 Å². The van der Waals surface area contributed by atoms with Crippen LogP contribution in [0.3, 0.4) is 0 Å². The number of nitro groups is 1. The normalized spacial score (nSPS) is 27.9. The highest BCUT2D eigenvalue weighted by Crippen LogP contribution is 2.36. The molecule has 264 valence electrons. The molecule has 2 aliphatic heterocycles. The molecule has 0 spiro atoms. The van der Waals surface area contributed by atoms with Crippen molar-refractivity contribution < 1.29 is 81.1 Å². The quantitative estimate of drug-likeness (QED) is 0.120. The maximum Gasteiger partial charge on any atom is 0.303 e. The van der Waals surface area contributed by atoms with Crippen molar-refractivity contribution in [1.29, 1.82) is 0 Å². The maximum absolute atomic E-state index is 12.4. The van der Waals surface area contributed by atoms with E-state index in [-0.39, 0.29) is 11.4 Å². The Hall–Kier alpha value is -4.88. The van der Waals surface area contributed by atoms with Gasteiger partial charge in [-0.3, -0.25) is 38.9 Å². The standard InChI is InChI=1S/C29H35NO18/c1-13(31)39-11-21-23(48-29-26(43-17(5)35)24(41-15(3)33)22(47-29)12-40-14(2)32)25(42-16(4)34)27(44-18(6)36)28(46-21)45-20-9-7-19(8-10-20)30(37)38/h7-10,21-29H,11-12H2,1-6H3/t21-,22-,23-,24-,25+,26+,27-,28+,29+/m1/s1. The first-order valence-electron chi connectivity index (χ1n) is 14.4. The summed E-state index contributed by atoms with van der Waals surface area (Å²) < 4.78 is 55.9. The second-order valence-electron chi connectivity index (χ2n) is 10.5. The molecule has 48 heavy (non-hydrogen) atoms. The monoisotopic (exact) mass is 685 g/mol. The number of hydrogen-bond acceptors (Lipinski definition) is 18. The molecule has 2 saturated heterocycles. The average Bonchev–Trinajstić information content (AvgIpc) is 3.27. The van der Waals surface area contributed by atoms with Gasteiger partial charge in [0.2, 0.25) is 12.4 Å². The smallest absolute Gasteiger partial charge is 0.303 e. The lowest BCUT2D eigenvalue weighted by molar-refractivity contribution is -0.384. The molecule has 0 unspecified atom stereocenters. The number of carbonyl (C=O) groups excluding carboxylic acids is 6. The van der Waals surface area contributed by atoms with Gasteiger partial charge in [-0.25, -0.2) is 0 Å². The third-order valence-corrected chi connectivity index (χ3v) is 6.56. The summed E-state index contributed by atoms with van der Waals surface area (Å²) in [5.41, 5.74) is -0.250. The molecule has 1 aromatic carbocycles. The molecule has 0 saturated carbocycles. The third-order valence-electron chi connectivity index (χ3n) is 6.56. The molecule has 0 amide bonds. The number of carbonyl (C=O) groups is 6. The first-order chi connectivity index (χ1) is 22.5. The molecule has 0 radical (unpaired) electrons. The zero-order valence-corrected chi connectivity index (χ0v) is 26.7. The van der Waals surface area contributed by atoms with E-state index in [1.165, 1.54) is 12.1 Å². The summed E-state index contributed by atoms with van der Waals surface area (Å²) in [6.07, 6.45) is -13.4. The molecule has 2 heterocycles. The molecular weight excluding hydrogens is 650 g/mol. The van der Waals surface area contributed by atoms with Gasteiger partial charge in [0.05, 0.1) is 4.92 Å². The summed E-state index contributed by atoms with van der Waals surface area (Å²) in [4.78, 5) is 82.6. The van der Waals surface area contributed by atoms with E-state index in [4.69, 9.17) is 47.4 Å². The van der Waals surface area contributed by atoms with Gasteiger partial charge in [0.1, 0.15) is 37.3 Å². The summed E-state index contributed by atoms with van der Waals surface area (Å²) in [5.74, 6) is -4.84. The van der Waals surface area contributed by atoms with Gasteiger partial charge < -0.3 is 47.4 Å². The second-order valence-corrected chi connectivity index (χ2v) is 10.5. The molecule has 19 heteroatoms. The Morgan fingerprint density at radius 1 is 0.604 bits per heavy atom. The Morgan fingerprint density at radius 3 is 1.48 bits per heavy atom. The van der Waals surface area contributed by atoms with Crippen LogP contribution in [0.1, 0.15) is 41.5 Å².